The van der Waals surface area contributed by atoms with Gasteiger partial charge in [0.1, 0.15) is 10.0 Å². The van der Waals surface area contributed by atoms with E-state index in [0.29, 0.717) is 12.5 Å². The van der Waals surface area contributed by atoms with E-state index >= 15 is 0 Å². The number of carbonyl (C=O) groups excluding carboxylic acids is 1. The Morgan fingerprint density at radius 3 is 2.61 bits per heavy atom. The number of nitrogens with zero attached hydrogens (tertiary/aromatic N) is 1. The summed E-state index contributed by atoms with van der Waals surface area (Å²) in [4.78, 5) is 23.2. The van der Waals surface area contributed by atoms with Crippen molar-refractivity contribution in [2.45, 2.75) is 46.5 Å². The summed E-state index contributed by atoms with van der Waals surface area (Å²) in [7, 11) is 0. The van der Waals surface area contributed by atoms with E-state index in [-0.39, 0.29) is 21.6 Å². The monoisotopic (exact) mass is 366 g/mol. The molecule has 0 spiro atoms. The van der Waals surface area contributed by atoms with Crippen molar-refractivity contribution in [1.29, 1.82) is 0 Å². The van der Waals surface area contributed by atoms with Gasteiger partial charge in [-0.25, -0.2) is 9.68 Å². The summed E-state index contributed by atoms with van der Waals surface area (Å²) in [5, 5.41) is 2.78. The van der Waals surface area contributed by atoms with E-state index in [1.165, 1.54) is 0 Å². The van der Waals surface area contributed by atoms with Crippen LogP contribution >= 0.6 is 23.2 Å². The van der Waals surface area contributed by atoms with Crippen LogP contribution in [0.5, 0.6) is 5.88 Å². The molecule has 0 saturated carbocycles. The minimum Gasteiger partial charge on any atom is -0.382 e. The molecule has 23 heavy (non-hydrogen) atoms. The highest BCUT2D eigenvalue weighted by Gasteiger charge is 2.21. The van der Waals surface area contributed by atoms with E-state index in [4.69, 9.17) is 23.2 Å². The third kappa shape index (κ3) is 6.03. The largest absolute Gasteiger partial charge is 0.382 e. The van der Waals surface area contributed by atoms with Crippen molar-refractivity contribution >= 4 is 34.9 Å². The van der Waals surface area contributed by atoms with Gasteiger partial charge in [0.15, 0.2) is 0 Å². The van der Waals surface area contributed by atoms with E-state index in [1.807, 2.05) is 0 Å². The highest BCUT2D eigenvalue weighted by atomic mass is 35.5. The summed E-state index contributed by atoms with van der Waals surface area (Å²) >= 11 is 12.0. The van der Waals surface area contributed by atoms with Crippen molar-refractivity contribution in [2.24, 2.45) is 5.92 Å². The third-order valence-electron chi connectivity index (χ3n) is 3.36. The first-order valence-electron chi connectivity index (χ1n) is 7.54. The van der Waals surface area contributed by atoms with Crippen LogP contribution < -0.4 is 10.2 Å². The molecular formula is C15H21Cl2FN2O3. The molecule has 1 aromatic heterocycles. The lowest BCUT2D eigenvalue weighted by molar-refractivity contribution is -0.212. The van der Waals surface area contributed by atoms with Gasteiger partial charge in [-0.15, -0.1) is 0 Å². The smallest absolute Gasteiger partial charge is 0.352 e. The number of hydrogen-bond donors (Lipinski definition) is 1. The van der Waals surface area contributed by atoms with Gasteiger partial charge in [0.2, 0.25) is 5.95 Å². The quantitative estimate of drug-likeness (QED) is 0.378. The summed E-state index contributed by atoms with van der Waals surface area (Å²) < 4.78 is 13.8. The number of hydrogen-bond acceptors (Lipinski definition) is 5. The summed E-state index contributed by atoms with van der Waals surface area (Å²) in [6.07, 6.45) is 4.27. The Kier molecular flexibility index (Phi) is 8.41. The Labute approximate surface area is 145 Å². The molecule has 1 unspecified atom stereocenters. The second kappa shape index (κ2) is 9.78. The van der Waals surface area contributed by atoms with Gasteiger partial charge in [-0.1, -0.05) is 56.3 Å². The molecule has 0 amide bonds. The fraction of sp³-hybridized carbons (Fsp3) is 0.600. The molecule has 0 aliphatic rings. The SMILES string of the molecule is CCCCC(CC)CNc1c(Cl)c(F)nc(OOC(C)=O)c1Cl. The van der Waals surface area contributed by atoms with Crippen LogP contribution in [0.25, 0.3) is 0 Å². The number of nitrogens with one attached hydrogen (secondary N) is 1. The Morgan fingerprint density at radius 2 is 2.04 bits per heavy atom. The number of pyridine rings is 1. The molecule has 130 valence electrons. The van der Waals surface area contributed by atoms with E-state index in [0.717, 1.165) is 32.6 Å². The maximum atomic E-state index is 13.8. The molecular weight excluding hydrogens is 346 g/mol. The number of unbranched alkanes of at least 4 members (excludes halogenated alkanes) is 1. The first kappa shape index (κ1) is 19.8. The minimum atomic E-state index is -0.956. The van der Waals surface area contributed by atoms with Crippen LogP contribution in [0.1, 0.15) is 46.5 Å². The molecule has 0 aromatic carbocycles. The van der Waals surface area contributed by atoms with Crippen molar-refractivity contribution in [3.05, 3.63) is 16.0 Å². The molecule has 0 aliphatic heterocycles. The standard InChI is InChI=1S/C15H21Cl2FN2O3/c1-4-6-7-10(5-2)8-19-13-11(16)14(18)20-15(12(13)17)23-22-9(3)21/h10H,4-8H2,1-3H3,(H,19,20). The van der Waals surface area contributed by atoms with Crippen LogP contribution in [0.2, 0.25) is 10.0 Å². The van der Waals surface area contributed by atoms with E-state index in [1.54, 1.807) is 0 Å². The summed E-state index contributed by atoms with van der Waals surface area (Å²) in [5.74, 6) is -1.61. The number of rotatable bonds is 9. The molecule has 0 radical (unpaired) electrons. The fourth-order valence-electron chi connectivity index (χ4n) is 1.99. The van der Waals surface area contributed by atoms with Gasteiger partial charge in [0.05, 0.1) is 5.69 Å². The van der Waals surface area contributed by atoms with Gasteiger partial charge in [-0.2, -0.15) is 9.37 Å². The average Bonchev–Trinajstić information content (AvgIpc) is 2.52. The van der Waals surface area contributed by atoms with Gasteiger partial charge in [0.25, 0.3) is 5.88 Å². The third-order valence-corrected chi connectivity index (χ3v) is 4.05. The summed E-state index contributed by atoms with van der Waals surface area (Å²) in [6.45, 7) is 5.95. The average molecular weight is 367 g/mol. The zero-order valence-corrected chi connectivity index (χ0v) is 14.9. The first-order chi connectivity index (χ1) is 10.9. The maximum absolute atomic E-state index is 13.8. The van der Waals surface area contributed by atoms with E-state index in [9.17, 15) is 9.18 Å². The molecule has 1 rings (SSSR count). The van der Waals surface area contributed by atoms with Crippen LogP contribution in [0.3, 0.4) is 0 Å². The van der Waals surface area contributed by atoms with Crippen molar-refractivity contribution in [3.63, 3.8) is 0 Å². The first-order valence-corrected chi connectivity index (χ1v) is 8.29. The highest BCUT2D eigenvalue weighted by molar-refractivity contribution is 6.39. The van der Waals surface area contributed by atoms with Gasteiger partial charge in [0, 0.05) is 13.5 Å². The maximum Gasteiger partial charge on any atom is 0.352 e. The molecule has 0 saturated heterocycles. The van der Waals surface area contributed by atoms with Crippen molar-refractivity contribution in [3.8, 4) is 5.88 Å². The molecule has 1 atom stereocenters. The van der Waals surface area contributed by atoms with Crippen LogP contribution in [0.4, 0.5) is 10.1 Å². The predicted molar refractivity (Wildman–Crippen MR) is 88.4 cm³/mol. The molecule has 0 aliphatic carbocycles. The molecule has 0 bridgehead atoms. The van der Waals surface area contributed by atoms with Crippen LogP contribution in [0, 0.1) is 11.9 Å². The molecule has 8 heteroatoms. The van der Waals surface area contributed by atoms with E-state index in [2.05, 4.69) is 33.9 Å². The van der Waals surface area contributed by atoms with Gasteiger partial charge >= 0.3 is 5.97 Å². The molecule has 1 aromatic rings. The number of anilines is 1. The normalized spacial score (nSPS) is 11.9. The molecule has 1 heterocycles. The lowest BCUT2D eigenvalue weighted by Crippen LogP contribution is -2.15. The zero-order valence-electron chi connectivity index (χ0n) is 13.4. The number of halogens is 3. The Morgan fingerprint density at radius 1 is 1.35 bits per heavy atom. The number of aromatic nitrogens is 1. The molecule has 5 nitrogen and oxygen atoms in total. The molecule has 0 fully saturated rings. The zero-order chi connectivity index (χ0) is 17.4. The van der Waals surface area contributed by atoms with Crippen LogP contribution in [0.15, 0.2) is 0 Å². The lowest BCUT2D eigenvalue weighted by atomic mass is 9.99. The Bertz CT molecular complexity index is 544. The molecule has 1 N–H and O–H groups in total. The minimum absolute atomic E-state index is 0.0389. The predicted octanol–water partition coefficient (Wildman–Crippen LogP) is 5.01. The topological polar surface area (TPSA) is 60.5 Å². The van der Waals surface area contributed by atoms with Crippen molar-refractivity contribution < 1.29 is 19.0 Å². The fourth-order valence-corrected chi connectivity index (χ4v) is 2.48. The lowest BCUT2D eigenvalue weighted by Gasteiger charge is -2.18. The van der Waals surface area contributed by atoms with Gasteiger partial charge in [-0.3, -0.25) is 4.89 Å². The van der Waals surface area contributed by atoms with Crippen molar-refractivity contribution in [1.82, 2.24) is 4.98 Å². The summed E-state index contributed by atoms with van der Waals surface area (Å²) in [5.41, 5.74) is 0.179. The highest BCUT2D eigenvalue weighted by Crippen LogP contribution is 2.38. The van der Waals surface area contributed by atoms with Crippen LogP contribution in [-0.4, -0.2) is 17.5 Å². The van der Waals surface area contributed by atoms with E-state index < -0.39 is 11.9 Å². The van der Waals surface area contributed by atoms with Crippen molar-refractivity contribution in [2.75, 3.05) is 11.9 Å². The van der Waals surface area contributed by atoms with Gasteiger partial charge < -0.3 is 5.32 Å². The number of carbonyl (C=O) groups is 1. The Hall–Kier alpha value is -1.27. The summed E-state index contributed by atoms with van der Waals surface area (Å²) in [6, 6.07) is 0. The second-order valence-corrected chi connectivity index (χ2v) is 5.92. The van der Waals surface area contributed by atoms with Gasteiger partial charge in [-0.05, 0) is 12.3 Å². The van der Waals surface area contributed by atoms with Crippen LogP contribution in [-0.2, 0) is 9.68 Å². The Balaban J connectivity index is 2.89. The second-order valence-electron chi connectivity index (χ2n) is 5.17.